The first-order chi connectivity index (χ1) is 11.8. The van der Waals surface area contributed by atoms with E-state index in [9.17, 15) is 0 Å². The molecule has 0 bridgehead atoms. The summed E-state index contributed by atoms with van der Waals surface area (Å²) in [4.78, 5) is 0. The smallest absolute Gasteiger partial charge is 0.161 e. The van der Waals surface area contributed by atoms with Gasteiger partial charge in [-0.05, 0) is 48.9 Å². The maximum Gasteiger partial charge on any atom is 0.161 e. The van der Waals surface area contributed by atoms with Gasteiger partial charge in [-0.15, -0.1) is 0 Å². The van der Waals surface area contributed by atoms with Crippen LogP contribution in [0.5, 0.6) is 23.0 Å². The second-order valence-electron chi connectivity index (χ2n) is 5.23. The van der Waals surface area contributed by atoms with Gasteiger partial charge in [0.25, 0.3) is 0 Å². The number of para-hydroxylation sites is 3. The molecule has 3 rings (SSSR count). The molecule has 0 aliphatic carbocycles. The van der Waals surface area contributed by atoms with Crippen molar-refractivity contribution in [1.82, 2.24) is 0 Å². The van der Waals surface area contributed by atoms with Gasteiger partial charge in [-0.2, -0.15) is 0 Å². The van der Waals surface area contributed by atoms with E-state index in [2.05, 4.69) is 0 Å². The van der Waals surface area contributed by atoms with Crippen molar-refractivity contribution in [2.24, 2.45) is 0 Å². The first-order valence-electron chi connectivity index (χ1n) is 8.01. The molecule has 0 aromatic heterocycles. The van der Waals surface area contributed by atoms with E-state index in [4.69, 9.17) is 14.2 Å². The number of benzene rings is 3. The van der Waals surface area contributed by atoms with Gasteiger partial charge in [-0.25, -0.2) is 0 Å². The van der Waals surface area contributed by atoms with E-state index in [-0.39, 0.29) is 0 Å². The van der Waals surface area contributed by atoms with Gasteiger partial charge in [0, 0.05) is 0 Å². The molecular weight excluding hydrogens is 300 g/mol. The fraction of sp³-hybridized carbons (Fsp3) is 0.143. The maximum atomic E-state index is 5.90. The Morgan fingerprint density at radius 3 is 2.08 bits per heavy atom. The van der Waals surface area contributed by atoms with Crippen molar-refractivity contribution in [1.29, 1.82) is 0 Å². The molecule has 0 aliphatic heterocycles. The van der Waals surface area contributed by atoms with Gasteiger partial charge in [-0.3, -0.25) is 0 Å². The van der Waals surface area contributed by atoms with Crippen molar-refractivity contribution in [3.8, 4) is 23.0 Å². The number of hydrogen-bond acceptors (Lipinski definition) is 3. The molecule has 3 aromatic carbocycles. The second kappa shape index (κ2) is 8.06. The van der Waals surface area contributed by atoms with Crippen LogP contribution in [0, 0.1) is 0 Å². The number of rotatable bonds is 7. The van der Waals surface area contributed by atoms with Crippen LogP contribution in [0.3, 0.4) is 0 Å². The lowest BCUT2D eigenvalue weighted by atomic mass is 10.2. The summed E-state index contributed by atoms with van der Waals surface area (Å²) in [6.07, 6.45) is 0. The van der Waals surface area contributed by atoms with Crippen LogP contribution >= 0.6 is 0 Å². The fourth-order valence-electron chi connectivity index (χ4n) is 2.33. The summed E-state index contributed by atoms with van der Waals surface area (Å²) < 4.78 is 17.3. The predicted molar refractivity (Wildman–Crippen MR) is 94.9 cm³/mol. The normalized spacial score (nSPS) is 10.2. The van der Waals surface area contributed by atoms with Crippen LogP contribution in [0.15, 0.2) is 78.9 Å². The van der Waals surface area contributed by atoms with E-state index in [0.29, 0.717) is 13.2 Å². The molecule has 0 saturated heterocycles. The Labute approximate surface area is 142 Å². The summed E-state index contributed by atoms with van der Waals surface area (Å²) in [7, 11) is 0. The van der Waals surface area contributed by atoms with E-state index < -0.39 is 0 Å². The largest absolute Gasteiger partial charge is 0.490 e. The standard InChI is InChI=1S/C21H20O3/c1-2-22-20-13-6-7-14-21(20)23-16-17-9-8-12-19(15-17)24-18-10-4-3-5-11-18/h3-15H,2,16H2,1H3. The molecule has 3 heteroatoms. The SMILES string of the molecule is CCOc1ccccc1OCc1cccc(Oc2ccccc2)c1. The topological polar surface area (TPSA) is 27.7 Å². The van der Waals surface area contributed by atoms with Crippen LogP contribution in [-0.2, 0) is 6.61 Å². The van der Waals surface area contributed by atoms with Crippen molar-refractivity contribution in [3.05, 3.63) is 84.4 Å². The van der Waals surface area contributed by atoms with E-state index in [1.54, 1.807) is 0 Å². The Kier molecular flexibility index (Phi) is 5.36. The molecule has 0 spiro atoms. The summed E-state index contributed by atoms with van der Waals surface area (Å²) in [5.74, 6) is 3.11. The first kappa shape index (κ1) is 15.9. The Morgan fingerprint density at radius 2 is 1.33 bits per heavy atom. The van der Waals surface area contributed by atoms with Crippen molar-refractivity contribution in [3.63, 3.8) is 0 Å². The van der Waals surface area contributed by atoms with Gasteiger partial charge in [0.1, 0.15) is 18.1 Å². The highest BCUT2D eigenvalue weighted by Crippen LogP contribution is 2.28. The molecule has 3 aromatic rings. The highest BCUT2D eigenvalue weighted by Gasteiger charge is 2.05. The lowest BCUT2D eigenvalue weighted by Crippen LogP contribution is -1.99. The highest BCUT2D eigenvalue weighted by atomic mass is 16.5. The minimum absolute atomic E-state index is 0.454. The Balaban J connectivity index is 1.67. The Bertz CT molecular complexity index is 769. The van der Waals surface area contributed by atoms with E-state index in [1.807, 2.05) is 85.8 Å². The van der Waals surface area contributed by atoms with Crippen LogP contribution in [0.25, 0.3) is 0 Å². The zero-order chi connectivity index (χ0) is 16.6. The highest BCUT2D eigenvalue weighted by molar-refractivity contribution is 5.40. The van der Waals surface area contributed by atoms with Crippen LogP contribution < -0.4 is 14.2 Å². The third kappa shape index (κ3) is 4.29. The van der Waals surface area contributed by atoms with Crippen molar-refractivity contribution < 1.29 is 14.2 Å². The van der Waals surface area contributed by atoms with E-state index in [0.717, 1.165) is 28.6 Å². The molecule has 122 valence electrons. The van der Waals surface area contributed by atoms with Crippen LogP contribution in [0.4, 0.5) is 0 Å². The molecular formula is C21H20O3. The van der Waals surface area contributed by atoms with E-state index >= 15 is 0 Å². The molecule has 0 fully saturated rings. The maximum absolute atomic E-state index is 5.90. The number of hydrogen-bond donors (Lipinski definition) is 0. The molecule has 0 heterocycles. The quantitative estimate of drug-likeness (QED) is 0.579. The summed E-state index contributed by atoms with van der Waals surface area (Å²) >= 11 is 0. The van der Waals surface area contributed by atoms with Gasteiger partial charge in [-0.1, -0.05) is 42.5 Å². The second-order valence-corrected chi connectivity index (χ2v) is 5.23. The molecule has 0 N–H and O–H groups in total. The predicted octanol–water partition coefficient (Wildman–Crippen LogP) is 5.46. The average molecular weight is 320 g/mol. The number of ether oxygens (including phenoxy) is 3. The van der Waals surface area contributed by atoms with E-state index in [1.165, 1.54) is 0 Å². The van der Waals surface area contributed by atoms with Crippen LogP contribution in [0.2, 0.25) is 0 Å². The van der Waals surface area contributed by atoms with Gasteiger partial charge in [0.05, 0.1) is 6.61 Å². The summed E-state index contributed by atoms with van der Waals surface area (Å²) in [5, 5.41) is 0. The van der Waals surface area contributed by atoms with Gasteiger partial charge in [0.15, 0.2) is 11.5 Å². The van der Waals surface area contributed by atoms with Crippen LogP contribution in [-0.4, -0.2) is 6.61 Å². The minimum Gasteiger partial charge on any atom is -0.490 e. The molecule has 0 amide bonds. The summed E-state index contributed by atoms with van der Waals surface area (Å²) in [6, 6.07) is 25.3. The monoisotopic (exact) mass is 320 g/mol. The van der Waals surface area contributed by atoms with Crippen molar-refractivity contribution in [2.45, 2.75) is 13.5 Å². The minimum atomic E-state index is 0.454. The van der Waals surface area contributed by atoms with Gasteiger partial charge >= 0.3 is 0 Å². The summed E-state index contributed by atoms with van der Waals surface area (Å²) in [5.41, 5.74) is 1.04. The lowest BCUT2D eigenvalue weighted by molar-refractivity contribution is 0.269. The Hall–Kier alpha value is -2.94. The molecule has 0 unspecified atom stereocenters. The summed E-state index contributed by atoms with van der Waals surface area (Å²) in [6.45, 7) is 3.03. The molecule has 0 atom stereocenters. The van der Waals surface area contributed by atoms with Crippen molar-refractivity contribution in [2.75, 3.05) is 6.61 Å². The van der Waals surface area contributed by atoms with Crippen molar-refractivity contribution >= 4 is 0 Å². The average Bonchev–Trinajstić information content (AvgIpc) is 2.62. The molecule has 24 heavy (non-hydrogen) atoms. The molecule has 0 saturated carbocycles. The third-order valence-corrected chi connectivity index (χ3v) is 3.42. The zero-order valence-electron chi connectivity index (χ0n) is 13.6. The molecule has 0 aliphatic rings. The molecule has 3 nitrogen and oxygen atoms in total. The van der Waals surface area contributed by atoms with Gasteiger partial charge in [0.2, 0.25) is 0 Å². The third-order valence-electron chi connectivity index (χ3n) is 3.42. The molecule has 0 radical (unpaired) electrons. The van der Waals surface area contributed by atoms with Crippen LogP contribution in [0.1, 0.15) is 12.5 Å². The fourth-order valence-corrected chi connectivity index (χ4v) is 2.33. The zero-order valence-corrected chi connectivity index (χ0v) is 13.6. The Morgan fingerprint density at radius 1 is 0.667 bits per heavy atom. The first-order valence-corrected chi connectivity index (χ1v) is 8.01. The van der Waals surface area contributed by atoms with Gasteiger partial charge < -0.3 is 14.2 Å². The lowest BCUT2D eigenvalue weighted by Gasteiger charge is -2.12.